The van der Waals surface area contributed by atoms with Crippen LogP contribution >= 0.6 is 23.2 Å². The molecule has 0 aliphatic carbocycles. The second kappa shape index (κ2) is 6.71. The van der Waals surface area contributed by atoms with Gasteiger partial charge in [-0.1, -0.05) is 23.2 Å². The first kappa shape index (κ1) is 16.8. The van der Waals surface area contributed by atoms with Gasteiger partial charge in [0.15, 0.2) is 0 Å². The van der Waals surface area contributed by atoms with E-state index in [1.807, 2.05) is 32.6 Å². The lowest BCUT2D eigenvalue weighted by molar-refractivity contribution is -0.129. The average Bonchev–Trinajstić information content (AvgIpc) is 2.78. The van der Waals surface area contributed by atoms with E-state index in [9.17, 15) is 4.79 Å². The standard InChI is InChI=1S/C16H19Cl2N3O/c1-9(2)21(10(3)4)16(22)6-5-15-19-13-7-11(17)12(18)8-14(13)20-15/h5-10H,1-4H3,(H,19,20). The fraction of sp³-hybridized carbons (Fsp3) is 0.375. The number of rotatable bonds is 4. The molecule has 0 atom stereocenters. The van der Waals surface area contributed by atoms with E-state index in [2.05, 4.69) is 9.97 Å². The molecular weight excluding hydrogens is 321 g/mol. The summed E-state index contributed by atoms with van der Waals surface area (Å²) in [6, 6.07) is 3.71. The molecule has 118 valence electrons. The van der Waals surface area contributed by atoms with Gasteiger partial charge in [-0.2, -0.15) is 0 Å². The lowest BCUT2D eigenvalue weighted by Gasteiger charge is -2.29. The summed E-state index contributed by atoms with van der Waals surface area (Å²) in [5, 5.41) is 0.924. The molecule has 0 radical (unpaired) electrons. The molecule has 1 N–H and O–H groups in total. The zero-order valence-corrected chi connectivity index (χ0v) is 14.5. The Bertz CT molecular complexity index is 672. The van der Waals surface area contributed by atoms with E-state index >= 15 is 0 Å². The number of carbonyl (C=O) groups excluding carboxylic acids is 1. The highest BCUT2D eigenvalue weighted by Gasteiger charge is 2.17. The van der Waals surface area contributed by atoms with Crippen LogP contribution in [0.25, 0.3) is 17.1 Å². The van der Waals surface area contributed by atoms with Crippen LogP contribution in [0.3, 0.4) is 0 Å². The highest BCUT2D eigenvalue weighted by molar-refractivity contribution is 6.42. The van der Waals surface area contributed by atoms with Gasteiger partial charge in [-0.15, -0.1) is 0 Å². The molecule has 1 amide bonds. The van der Waals surface area contributed by atoms with E-state index in [4.69, 9.17) is 23.2 Å². The summed E-state index contributed by atoms with van der Waals surface area (Å²) in [5.41, 5.74) is 1.50. The van der Waals surface area contributed by atoms with Gasteiger partial charge >= 0.3 is 0 Å². The van der Waals surface area contributed by atoms with Crippen LogP contribution in [0.5, 0.6) is 0 Å². The van der Waals surface area contributed by atoms with Crippen LogP contribution in [-0.2, 0) is 4.79 Å². The molecule has 0 spiro atoms. The second-order valence-corrected chi connectivity index (χ2v) is 6.49. The first-order valence-electron chi connectivity index (χ1n) is 7.14. The number of aromatic nitrogens is 2. The fourth-order valence-electron chi connectivity index (χ4n) is 2.45. The van der Waals surface area contributed by atoms with Crippen LogP contribution in [0, 0.1) is 0 Å². The monoisotopic (exact) mass is 339 g/mol. The van der Waals surface area contributed by atoms with Crippen LogP contribution in [0.4, 0.5) is 0 Å². The summed E-state index contributed by atoms with van der Waals surface area (Å²) >= 11 is 11.9. The van der Waals surface area contributed by atoms with Crippen LogP contribution in [-0.4, -0.2) is 32.9 Å². The van der Waals surface area contributed by atoms with Crippen molar-refractivity contribution in [1.82, 2.24) is 14.9 Å². The van der Waals surface area contributed by atoms with Gasteiger partial charge < -0.3 is 9.88 Å². The van der Waals surface area contributed by atoms with Crippen molar-refractivity contribution in [3.05, 3.63) is 34.1 Å². The minimum absolute atomic E-state index is 0.0403. The summed E-state index contributed by atoms with van der Waals surface area (Å²) in [6.45, 7) is 7.99. The van der Waals surface area contributed by atoms with Crippen molar-refractivity contribution in [2.75, 3.05) is 0 Å². The van der Waals surface area contributed by atoms with Crippen LogP contribution in [0.2, 0.25) is 10.0 Å². The molecule has 2 rings (SSSR count). The Morgan fingerprint density at radius 1 is 1.18 bits per heavy atom. The van der Waals surface area contributed by atoms with Crippen LogP contribution in [0.15, 0.2) is 18.2 Å². The Kier molecular flexibility index (Phi) is 5.14. The van der Waals surface area contributed by atoms with Crippen LogP contribution in [0.1, 0.15) is 33.5 Å². The molecule has 0 saturated carbocycles. The number of nitrogens with one attached hydrogen (secondary N) is 1. The number of halogens is 2. The molecule has 22 heavy (non-hydrogen) atoms. The van der Waals surface area contributed by atoms with Crippen molar-refractivity contribution in [1.29, 1.82) is 0 Å². The molecule has 1 aromatic carbocycles. The minimum Gasteiger partial charge on any atom is -0.338 e. The van der Waals surface area contributed by atoms with E-state index in [0.29, 0.717) is 21.4 Å². The Hall–Kier alpha value is -1.52. The minimum atomic E-state index is -0.0403. The molecule has 1 aromatic heterocycles. The zero-order chi connectivity index (χ0) is 16.4. The normalized spacial score (nSPS) is 12.0. The zero-order valence-electron chi connectivity index (χ0n) is 13.0. The van der Waals surface area contributed by atoms with E-state index < -0.39 is 0 Å². The van der Waals surface area contributed by atoms with Gasteiger partial charge in [-0.05, 0) is 45.9 Å². The lowest BCUT2D eigenvalue weighted by Crippen LogP contribution is -2.41. The molecule has 0 aliphatic heterocycles. The third kappa shape index (κ3) is 3.62. The smallest absolute Gasteiger partial charge is 0.247 e. The molecule has 0 bridgehead atoms. The summed E-state index contributed by atoms with van der Waals surface area (Å²) in [4.78, 5) is 21.6. The summed E-state index contributed by atoms with van der Waals surface area (Å²) in [5.74, 6) is 0.552. The van der Waals surface area contributed by atoms with E-state index in [-0.39, 0.29) is 18.0 Å². The van der Waals surface area contributed by atoms with Gasteiger partial charge in [-0.25, -0.2) is 4.98 Å². The largest absolute Gasteiger partial charge is 0.338 e. The first-order chi connectivity index (χ1) is 10.3. The molecule has 2 aromatic rings. The third-order valence-corrected chi connectivity index (χ3v) is 4.02. The summed E-state index contributed by atoms with van der Waals surface area (Å²) < 4.78 is 0. The maximum absolute atomic E-state index is 12.3. The number of hydrogen-bond donors (Lipinski definition) is 1. The predicted molar refractivity (Wildman–Crippen MR) is 92.3 cm³/mol. The second-order valence-electron chi connectivity index (χ2n) is 5.67. The molecule has 6 heteroatoms. The molecule has 0 saturated heterocycles. The van der Waals surface area contributed by atoms with Gasteiger partial charge in [0.2, 0.25) is 5.91 Å². The fourth-order valence-corrected chi connectivity index (χ4v) is 2.77. The summed E-state index contributed by atoms with van der Waals surface area (Å²) in [6.07, 6.45) is 3.20. The Morgan fingerprint density at radius 2 is 1.77 bits per heavy atom. The topological polar surface area (TPSA) is 49.0 Å². The lowest BCUT2D eigenvalue weighted by atomic mass is 10.2. The predicted octanol–water partition coefficient (Wildman–Crippen LogP) is 4.53. The molecular formula is C16H19Cl2N3O. The third-order valence-electron chi connectivity index (χ3n) is 3.29. The van der Waals surface area contributed by atoms with Crippen molar-refractivity contribution < 1.29 is 4.79 Å². The van der Waals surface area contributed by atoms with E-state index in [0.717, 1.165) is 5.52 Å². The van der Waals surface area contributed by atoms with E-state index in [1.54, 1.807) is 18.2 Å². The van der Waals surface area contributed by atoms with Crippen LogP contribution < -0.4 is 0 Å². The quantitative estimate of drug-likeness (QED) is 0.832. The van der Waals surface area contributed by atoms with Crippen molar-refractivity contribution in [2.24, 2.45) is 0 Å². The molecule has 1 heterocycles. The van der Waals surface area contributed by atoms with Gasteiger partial charge in [-0.3, -0.25) is 4.79 Å². The SMILES string of the molecule is CC(C)N(C(=O)C=Cc1nc2cc(Cl)c(Cl)cc2[nH]1)C(C)C. The average molecular weight is 340 g/mol. The highest BCUT2D eigenvalue weighted by atomic mass is 35.5. The number of hydrogen-bond acceptors (Lipinski definition) is 2. The number of carbonyl (C=O) groups is 1. The summed E-state index contributed by atoms with van der Waals surface area (Å²) in [7, 11) is 0. The van der Waals surface area contributed by atoms with Gasteiger partial charge in [0.05, 0.1) is 21.1 Å². The maximum atomic E-state index is 12.3. The van der Waals surface area contributed by atoms with Crippen molar-refractivity contribution >= 4 is 46.2 Å². The molecule has 0 fully saturated rings. The van der Waals surface area contributed by atoms with Gasteiger partial charge in [0.1, 0.15) is 5.82 Å². The van der Waals surface area contributed by atoms with Crippen molar-refractivity contribution in [3.8, 4) is 0 Å². The molecule has 0 unspecified atom stereocenters. The highest BCUT2D eigenvalue weighted by Crippen LogP contribution is 2.26. The number of imidazole rings is 1. The van der Waals surface area contributed by atoms with Gasteiger partial charge in [0.25, 0.3) is 0 Å². The number of H-pyrrole nitrogens is 1. The Balaban J connectivity index is 2.24. The number of nitrogens with zero attached hydrogens (tertiary/aromatic N) is 2. The number of amides is 1. The number of aromatic amines is 1. The van der Waals surface area contributed by atoms with Crippen molar-refractivity contribution in [2.45, 2.75) is 39.8 Å². The Labute approximate surface area is 140 Å². The van der Waals surface area contributed by atoms with E-state index in [1.165, 1.54) is 6.08 Å². The number of fused-ring (bicyclic) bond motifs is 1. The Morgan fingerprint density at radius 3 is 2.36 bits per heavy atom. The maximum Gasteiger partial charge on any atom is 0.247 e. The van der Waals surface area contributed by atoms with Crippen molar-refractivity contribution in [3.63, 3.8) is 0 Å². The molecule has 0 aliphatic rings. The first-order valence-corrected chi connectivity index (χ1v) is 7.90. The molecule has 4 nitrogen and oxygen atoms in total. The van der Waals surface area contributed by atoms with Gasteiger partial charge in [0, 0.05) is 18.2 Å². The number of benzene rings is 1.